The quantitative estimate of drug-likeness (QED) is 0.714. The Labute approximate surface area is 169 Å². The van der Waals surface area contributed by atoms with Crippen LogP contribution in [0.4, 0.5) is 4.79 Å². The van der Waals surface area contributed by atoms with Crippen molar-refractivity contribution in [2.45, 2.75) is 45.1 Å². The lowest BCUT2D eigenvalue weighted by Gasteiger charge is -2.26. The van der Waals surface area contributed by atoms with Crippen molar-refractivity contribution >= 4 is 21.8 Å². The molecule has 10 heteroatoms. The summed E-state index contributed by atoms with van der Waals surface area (Å²) < 4.78 is 34.3. The van der Waals surface area contributed by atoms with E-state index in [4.69, 9.17) is 9.47 Å². The molecule has 29 heavy (non-hydrogen) atoms. The predicted octanol–water partition coefficient (Wildman–Crippen LogP) is 0.704. The van der Waals surface area contributed by atoms with Crippen LogP contribution in [0, 0.1) is 0 Å². The summed E-state index contributed by atoms with van der Waals surface area (Å²) in [5.74, 6) is -0.660. The average molecular weight is 426 g/mol. The van der Waals surface area contributed by atoms with E-state index in [2.05, 4.69) is 5.32 Å². The van der Waals surface area contributed by atoms with Crippen molar-refractivity contribution in [1.82, 2.24) is 10.2 Å². The van der Waals surface area contributed by atoms with E-state index in [9.17, 15) is 23.1 Å². The number of nitrogens with one attached hydrogen (secondary N) is 1. The molecule has 1 saturated heterocycles. The Morgan fingerprint density at radius 3 is 2.62 bits per heavy atom. The van der Waals surface area contributed by atoms with Gasteiger partial charge < -0.3 is 24.8 Å². The van der Waals surface area contributed by atoms with Crippen molar-refractivity contribution < 1.29 is 32.6 Å². The van der Waals surface area contributed by atoms with Crippen molar-refractivity contribution in [2.24, 2.45) is 0 Å². The van der Waals surface area contributed by atoms with Gasteiger partial charge in [0.25, 0.3) is 5.91 Å². The van der Waals surface area contributed by atoms with Crippen LogP contribution in [-0.4, -0.2) is 72.8 Å². The van der Waals surface area contributed by atoms with E-state index < -0.39 is 39.6 Å². The van der Waals surface area contributed by atoms with Gasteiger partial charge in [0, 0.05) is 11.1 Å². The lowest BCUT2D eigenvalue weighted by molar-refractivity contribution is 0.0225. The summed E-state index contributed by atoms with van der Waals surface area (Å²) in [4.78, 5) is 26.4. The van der Waals surface area contributed by atoms with Gasteiger partial charge in [0.2, 0.25) is 0 Å². The van der Waals surface area contributed by atoms with E-state index in [1.54, 1.807) is 39.0 Å². The Kier molecular flexibility index (Phi) is 5.77. The van der Waals surface area contributed by atoms with Gasteiger partial charge >= 0.3 is 6.09 Å². The Hall–Kier alpha value is -2.33. The van der Waals surface area contributed by atoms with Crippen molar-refractivity contribution in [3.63, 3.8) is 0 Å². The van der Waals surface area contributed by atoms with Gasteiger partial charge in [0.15, 0.2) is 9.84 Å². The van der Waals surface area contributed by atoms with Crippen molar-refractivity contribution in [2.75, 3.05) is 24.7 Å². The highest BCUT2D eigenvalue weighted by molar-refractivity contribution is 7.91. The fraction of sp³-hybridized carbons (Fsp3) is 0.579. The van der Waals surface area contributed by atoms with Crippen LogP contribution in [0.3, 0.4) is 0 Å². The summed E-state index contributed by atoms with van der Waals surface area (Å²) in [6.45, 7) is 6.26. The normalized spacial score (nSPS) is 23.5. The first-order chi connectivity index (χ1) is 13.4. The minimum absolute atomic E-state index is 0.247. The monoisotopic (exact) mass is 426 g/mol. The van der Waals surface area contributed by atoms with Gasteiger partial charge in [0.1, 0.15) is 18.0 Å². The van der Waals surface area contributed by atoms with Crippen LogP contribution >= 0.6 is 0 Å². The first-order valence-corrected chi connectivity index (χ1v) is 11.2. The maximum Gasteiger partial charge on any atom is 0.410 e. The summed E-state index contributed by atoms with van der Waals surface area (Å²) in [5.41, 5.74) is 0.409. The standard InChI is InChI=1S/C19H26N2O7S/c1-19(2,3)28-18(24)21-6-7-27-16-8-12(4-5-13(16)9-21)17(23)20-14-10-29(25,26)11-15(14)22/h4-5,8,14-15,22H,6-7,9-11H2,1-3H3,(H,20,23)/t14-,15-/m1/s1. The Morgan fingerprint density at radius 1 is 1.28 bits per heavy atom. The van der Waals surface area contributed by atoms with E-state index in [0.717, 1.165) is 5.56 Å². The zero-order valence-corrected chi connectivity index (χ0v) is 17.5. The van der Waals surface area contributed by atoms with E-state index in [1.165, 1.54) is 4.90 Å². The Morgan fingerprint density at radius 2 is 2.00 bits per heavy atom. The lowest BCUT2D eigenvalue weighted by atomic mass is 10.1. The number of hydrogen-bond donors (Lipinski definition) is 2. The third-order valence-corrected chi connectivity index (χ3v) is 6.32. The number of rotatable bonds is 2. The van der Waals surface area contributed by atoms with Crippen LogP contribution in [0.15, 0.2) is 18.2 Å². The molecule has 3 rings (SSSR count). The van der Waals surface area contributed by atoms with Crippen LogP contribution in [0.5, 0.6) is 5.75 Å². The second kappa shape index (κ2) is 7.83. The average Bonchev–Trinajstić information content (AvgIpc) is 2.76. The molecule has 2 aliphatic rings. The van der Waals surface area contributed by atoms with Crippen LogP contribution < -0.4 is 10.1 Å². The number of aliphatic hydroxyl groups is 1. The largest absolute Gasteiger partial charge is 0.491 e. The molecule has 0 aliphatic carbocycles. The molecule has 9 nitrogen and oxygen atoms in total. The summed E-state index contributed by atoms with van der Waals surface area (Å²) in [6, 6.07) is 3.98. The van der Waals surface area contributed by atoms with E-state index in [0.29, 0.717) is 12.3 Å². The zero-order chi connectivity index (χ0) is 21.4. The second-order valence-corrected chi connectivity index (χ2v) is 10.5. The minimum Gasteiger partial charge on any atom is -0.491 e. The number of carbonyl (C=O) groups is 2. The zero-order valence-electron chi connectivity index (χ0n) is 16.7. The molecule has 160 valence electrons. The smallest absolute Gasteiger partial charge is 0.410 e. The number of aliphatic hydroxyl groups excluding tert-OH is 1. The molecular weight excluding hydrogens is 400 g/mol. The topological polar surface area (TPSA) is 122 Å². The molecule has 1 aromatic carbocycles. The van der Waals surface area contributed by atoms with Gasteiger partial charge in [-0.05, 0) is 32.9 Å². The summed E-state index contributed by atoms with van der Waals surface area (Å²) in [5, 5.41) is 12.4. The van der Waals surface area contributed by atoms with Gasteiger partial charge in [-0.1, -0.05) is 6.07 Å². The molecular formula is C19H26N2O7S. The number of carbonyl (C=O) groups excluding carboxylic acids is 2. The lowest BCUT2D eigenvalue weighted by Crippen LogP contribution is -2.42. The van der Waals surface area contributed by atoms with E-state index in [1.807, 2.05) is 0 Å². The third-order valence-electron chi connectivity index (χ3n) is 4.60. The van der Waals surface area contributed by atoms with Crippen molar-refractivity contribution in [3.8, 4) is 5.75 Å². The molecule has 2 aliphatic heterocycles. The summed E-state index contributed by atoms with van der Waals surface area (Å²) >= 11 is 0. The van der Waals surface area contributed by atoms with Crippen LogP contribution in [0.2, 0.25) is 0 Å². The second-order valence-electron chi connectivity index (χ2n) is 8.30. The molecule has 0 spiro atoms. The molecule has 2 N–H and O–H groups in total. The van der Waals surface area contributed by atoms with Crippen molar-refractivity contribution in [1.29, 1.82) is 0 Å². The maximum absolute atomic E-state index is 12.5. The first kappa shape index (κ1) is 21.4. The van der Waals surface area contributed by atoms with Gasteiger partial charge in [-0.3, -0.25) is 4.79 Å². The third kappa shape index (κ3) is 5.39. The van der Waals surface area contributed by atoms with Crippen LogP contribution in [0.1, 0.15) is 36.7 Å². The highest BCUT2D eigenvalue weighted by Gasteiger charge is 2.37. The fourth-order valence-electron chi connectivity index (χ4n) is 3.21. The number of fused-ring (bicyclic) bond motifs is 1. The van der Waals surface area contributed by atoms with Crippen LogP contribution in [-0.2, 0) is 21.1 Å². The molecule has 1 fully saturated rings. The van der Waals surface area contributed by atoms with Gasteiger partial charge in [-0.25, -0.2) is 13.2 Å². The van der Waals surface area contributed by atoms with E-state index >= 15 is 0 Å². The van der Waals surface area contributed by atoms with Gasteiger partial charge in [-0.15, -0.1) is 0 Å². The highest BCUT2D eigenvalue weighted by Crippen LogP contribution is 2.26. The molecule has 0 saturated carbocycles. The molecule has 0 radical (unpaired) electrons. The SMILES string of the molecule is CC(C)(C)OC(=O)N1CCOc2cc(C(=O)N[C@@H]3CS(=O)(=O)C[C@H]3O)ccc2C1. The number of hydrogen-bond acceptors (Lipinski definition) is 7. The number of nitrogens with zero attached hydrogens (tertiary/aromatic N) is 1. The van der Waals surface area contributed by atoms with Gasteiger partial charge in [-0.2, -0.15) is 0 Å². The van der Waals surface area contributed by atoms with E-state index in [-0.39, 0.29) is 30.2 Å². The predicted molar refractivity (Wildman–Crippen MR) is 104 cm³/mol. The number of sulfone groups is 1. The van der Waals surface area contributed by atoms with Crippen molar-refractivity contribution in [3.05, 3.63) is 29.3 Å². The molecule has 0 aromatic heterocycles. The van der Waals surface area contributed by atoms with Crippen LogP contribution in [0.25, 0.3) is 0 Å². The molecule has 2 amide bonds. The summed E-state index contributed by atoms with van der Waals surface area (Å²) in [7, 11) is -3.36. The Balaban J connectivity index is 1.70. The molecule has 2 atom stereocenters. The number of benzene rings is 1. The summed E-state index contributed by atoms with van der Waals surface area (Å²) in [6.07, 6.45) is -1.56. The van der Waals surface area contributed by atoms with Gasteiger partial charge in [0.05, 0.1) is 36.7 Å². The fourth-order valence-corrected chi connectivity index (χ4v) is 4.95. The maximum atomic E-state index is 12.5. The minimum atomic E-state index is -3.36. The Bertz CT molecular complexity index is 908. The number of amides is 2. The molecule has 0 unspecified atom stereocenters. The molecule has 0 bridgehead atoms. The number of ether oxygens (including phenoxy) is 2. The highest BCUT2D eigenvalue weighted by atomic mass is 32.2. The molecule has 1 aromatic rings. The molecule has 2 heterocycles. The first-order valence-electron chi connectivity index (χ1n) is 9.36.